The summed E-state index contributed by atoms with van der Waals surface area (Å²) < 4.78 is 0. The van der Waals surface area contributed by atoms with Crippen LogP contribution in [0.25, 0.3) is 5.57 Å². The van der Waals surface area contributed by atoms with E-state index in [1.54, 1.807) is 5.57 Å². The minimum Gasteiger partial charge on any atom is -0.508 e. The highest BCUT2D eigenvalue weighted by molar-refractivity contribution is 5.73. The molecule has 1 nitrogen and oxygen atoms in total. The van der Waals surface area contributed by atoms with Crippen LogP contribution in [-0.4, -0.2) is 5.11 Å². The Morgan fingerprint density at radius 1 is 1.32 bits per heavy atom. The maximum Gasteiger partial charge on any atom is 0.115 e. The monoisotopic (exact) mass is 256 g/mol. The van der Waals surface area contributed by atoms with Gasteiger partial charge in [0, 0.05) is 0 Å². The van der Waals surface area contributed by atoms with Crippen molar-refractivity contribution in [3.63, 3.8) is 0 Å². The van der Waals surface area contributed by atoms with Crippen molar-refractivity contribution in [2.45, 2.75) is 46.0 Å². The van der Waals surface area contributed by atoms with E-state index in [-0.39, 0.29) is 0 Å². The summed E-state index contributed by atoms with van der Waals surface area (Å²) in [4.78, 5) is 0. The van der Waals surface area contributed by atoms with E-state index in [9.17, 15) is 5.11 Å². The van der Waals surface area contributed by atoms with Gasteiger partial charge in [0.1, 0.15) is 5.75 Å². The molecule has 0 aromatic heterocycles. The number of aromatic hydroxyl groups is 1. The lowest BCUT2D eigenvalue weighted by atomic mass is 9.64. The summed E-state index contributed by atoms with van der Waals surface area (Å²) in [5.74, 6) is 2.84. The summed E-state index contributed by atoms with van der Waals surface area (Å²) in [5, 5.41) is 9.64. The van der Waals surface area contributed by atoms with E-state index in [1.165, 1.54) is 36.8 Å². The van der Waals surface area contributed by atoms with Crippen molar-refractivity contribution in [3.05, 3.63) is 35.4 Å². The number of hydrogen-bond donors (Lipinski definition) is 1. The topological polar surface area (TPSA) is 20.2 Å². The van der Waals surface area contributed by atoms with Crippen LogP contribution in [0.3, 0.4) is 0 Å². The summed E-state index contributed by atoms with van der Waals surface area (Å²) in [6.45, 7) is 4.72. The van der Waals surface area contributed by atoms with Crippen LogP contribution >= 0.6 is 0 Å². The van der Waals surface area contributed by atoms with Crippen molar-refractivity contribution >= 4 is 5.57 Å². The lowest BCUT2D eigenvalue weighted by Gasteiger charge is -2.40. The molecule has 102 valence electrons. The van der Waals surface area contributed by atoms with E-state index >= 15 is 0 Å². The van der Waals surface area contributed by atoms with Gasteiger partial charge in [-0.05, 0) is 72.3 Å². The van der Waals surface area contributed by atoms with Crippen molar-refractivity contribution in [2.75, 3.05) is 0 Å². The number of hydrogen-bond acceptors (Lipinski definition) is 1. The normalized spacial score (nSPS) is 29.4. The molecule has 0 saturated heterocycles. The zero-order valence-electron chi connectivity index (χ0n) is 12.0. The van der Waals surface area contributed by atoms with Gasteiger partial charge in [0.25, 0.3) is 0 Å². The lowest BCUT2D eigenvalue weighted by Crippen LogP contribution is -2.29. The lowest BCUT2D eigenvalue weighted by molar-refractivity contribution is 0.241. The summed E-state index contributed by atoms with van der Waals surface area (Å²) in [6.07, 6.45) is 8.72. The minimum atomic E-state index is 0.409. The number of benzene rings is 1. The number of fused-ring (bicyclic) bond motifs is 3. The average Bonchev–Trinajstić information content (AvgIpc) is 2.41. The molecular formula is C18H24O. The highest BCUT2D eigenvalue weighted by Gasteiger charge is 2.35. The van der Waals surface area contributed by atoms with Gasteiger partial charge in [-0.15, -0.1) is 0 Å². The number of allylic oxidation sites excluding steroid dienone is 2. The third kappa shape index (κ3) is 2.20. The molecule has 0 bridgehead atoms. The van der Waals surface area contributed by atoms with Gasteiger partial charge in [-0.1, -0.05) is 32.4 Å². The van der Waals surface area contributed by atoms with Crippen LogP contribution in [0.4, 0.5) is 0 Å². The Bertz CT molecular complexity index is 500. The van der Waals surface area contributed by atoms with Crippen molar-refractivity contribution < 1.29 is 5.11 Å². The Labute approximate surface area is 116 Å². The molecule has 0 saturated carbocycles. The molecule has 1 aromatic rings. The second-order valence-electron chi connectivity index (χ2n) is 6.31. The van der Waals surface area contributed by atoms with Crippen LogP contribution < -0.4 is 0 Å². The van der Waals surface area contributed by atoms with Gasteiger partial charge in [-0.3, -0.25) is 0 Å². The maximum atomic E-state index is 9.64. The van der Waals surface area contributed by atoms with E-state index in [2.05, 4.69) is 26.0 Å². The van der Waals surface area contributed by atoms with E-state index in [1.807, 2.05) is 12.1 Å². The first-order valence-electron chi connectivity index (χ1n) is 7.73. The third-order valence-corrected chi connectivity index (χ3v) is 5.10. The van der Waals surface area contributed by atoms with E-state index in [0.717, 1.165) is 24.2 Å². The van der Waals surface area contributed by atoms with Crippen LogP contribution in [0.2, 0.25) is 0 Å². The molecule has 1 N–H and O–H groups in total. The Morgan fingerprint density at radius 3 is 2.95 bits per heavy atom. The molecule has 0 radical (unpaired) electrons. The molecule has 1 heteroatoms. The molecule has 2 aliphatic carbocycles. The fraction of sp³-hybridized carbons (Fsp3) is 0.556. The quantitative estimate of drug-likeness (QED) is 0.806. The molecule has 0 spiro atoms. The van der Waals surface area contributed by atoms with Crippen molar-refractivity contribution in [1.82, 2.24) is 0 Å². The van der Waals surface area contributed by atoms with Crippen molar-refractivity contribution in [3.8, 4) is 5.75 Å². The Kier molecular flexibility index (Phi) is 3.38. The first-order valence-corrected chi connectivity index (χ1v) is 7.73. The predicted molar refractivity (Wildman–Crippen MR) is 80.1 cm³/mol. The molecule has 0 amide bonds. The van der Waals surface area contributed by atoms with Crippen LogP contribution in [0.1, 0.15) is 50.7 Å². The summed E-state index contributed by atoms with van der Waals surface area (Å²) >= 11 is 0. The molecule has 0 aliphatic heterocycles. The van der Waals surface area contributed by atoms with Crippen LogP contribution in [0.5, 0.6) is 5.75 Å². The van der Waals surface area contributed by atoms with E-state index in [0.29, 0.717) is 5.75 Å². The first-order chi connectivity index (χ1) is 9.20. The van der Waals surface area contributed by atoms with Crippen LogP contribution in [0, 0.1) is 17.8 Å². The highest BCUT2D eigenvalue weighted by atomic mass is 16.3. The summed E-state index contributed by atoms with van der Waals surface area (Å²) in [5.41, 5.74) is 4.31. The van der Waals surface area contributed by atoms with Crippen molar-refractivity contribution in [2.24, 2.45) is 17.8 Å². The SMILES string of the molecule is CCC[C@H]1C(C)CC=C2c3ccc(O)cc3CCC21. The number of aryl methyl sites for hydroxylation is 1. The second-order valence-corrected chi connectivity index (χ2v) is 6.31. The van der Waals surface area contributed by atoms with Gasteiger partial charge >= 0.3 is 0 Å². The van der Waals surface area contributed by atoms with Gasteiger partial charge < -0.3 is 5.11 Å². The highest BCUT2D eigenvalue weighted by Crippen LogP contribution is 2.48. The number of phenolic OH excluding ortho intramolecular Hbond substituents is 1. The fourth-order valence-electron chi connectivity index (χ4n) is 4.14. The van der Waals surface area contributed by atoms with Gasteiger partial charge in [0.15, 0.2) is 0 Å². The van der Waals surface area contributed by atoms with E-state index < -0.39 is 0 Å². The molecule has 2 aliphatic rings. The Hall–Kier alpha value is -1.24. The molecule has 2 unspecified atom stereocenters. The standard InChI is InChI=1S/C18H24O/c1-3-4-15-12(2)5-8-18-16-10-7-14(19)11-13(16)6-9-17(15)18/h7-8,10-12,15,17,19H,3-6,9H2,1-2H3/t12?,15-,17?/m0/s1. The van der Waals surface area contributed by atoms with Gasteiger partial charge in [-0.25, -0.2) is 0 Å². The Morgan fingerprint density at radius 2 is 2.16 bits per heavy atom. The second kappa shape index (κ2) is 5.03. The molecule has 3 atom stereocenters. The largest absolute Gasteiger partial charge is 0.508 e. The molecule has 0 heterocycles. The molecule has 1 aromatic carbocycles. The first kappa shape index (κ1) is 12.8. The number of phenols is 1. The smallest absolute Gasteiger partial charge is 0.115 e. The van der Waals surface area contributed by atoms with Gasteiger partial charge in [0.05, 0.1) is 0 Å². The van der Waals surface area contributed by atoms with Gasteiger partial charge in [0.2, 0.25) is 0 Å². The average molecular weight is 256 g/mol. The molecule has 0 fully saturated rings. The van der Waals surface area contributed by atoms with E-state index in [4.69, 9.17) is 0 Å². The minimum absolute atomic E-state index is 0.409. The Balaban J connectivity index is 1.99. The predicted octanol–water partition coefficient (Wildman–Crippen LogP) is 4.79. The zero-order chi connectivity index (χ0) is 13.4. The fourth-order valence-corrected chi connectivity index (χ4v) is 4.14. The summed E-state index contributed by atoms with van der Waals surface area (Å²) in [6, 6.07) is 5.93. The molecule has 19 heavy (non-hydrogen) atoms. The number of rotatable bonds is 2. The van der Waals surface area contributed by atoms with Gasteiger partial charge in [-0.2, -0.15) is 0 Å². The molecule has 3 rings (SSSR count). The third-order valence-electron chi connectivity index (χ3n) is 5.10. The maximum absolute atomic E-state index is 9.64. The van der Waals surface area contributed by atoms with Crippen molar-refractivity contribution in [1.29, 1.82) is 0 Å². The summed E-state index contributed by atoms with van der Waals surface area (Å²) in [7, 11) is 0. The van der Waals surface area contributed by atoms with Crippen LogP contribution in [0.15, 0.2) is 24.3 Å². The zero-order valence-corrected chi connectivity index (χ0v) is 12.0. The molecular weight excluding hydrogens is 232 g/mol. The van der Waals surface area contributed by atoms with Crippen LogP contribution in [-0.2, 0) is 6.42 Å².